The molecule has 1 rings (SSSR count). The number of hydrogen-bond acceptors (Lipinski definition) is 2. The zero-order valence-corrected chi connectivity index (χ0v) is 11.4. The first-order chi connectivity index (χ1) is 5.11. The van der Waals surface area contributed by atoms with E-state index < -0.39 is 11.1 Å². The Morgan fingerprint density at radius 2 is 1.92 bits per heavy atom. The molecule has 0 aliphatic heterocycles. The quantitative estimate of drug-likeness (QED) is 0.418. The minimum Gasteiger partial charge on any atom is -0.768 e. The van der Waals surface area contributed by atoms with E-state index in [1.165, 1.54) is 0 Å². The molecular weight excluding hydrogens is 199 g/mol. The fourth-order valence-electron chi connectivity index (χ4n) is 0.887. The molecule has 1 unspecified atom stereocenters. The van der Waals surface area contributed by atoms with Crippen molar-refractivity contribution in [3.8, 4) is 0 Å². The van der Waals surface area contributed by atoms with Crippen molar-refractivity contribution in [2.45, 2.75) is 18.7 Å². The zero-order chi connectivity index (χ0) is 8.43. The second-order valence-electron chi connectivity index (χ2n) is 2.50. The van der Waals surface area contributed by atoms with Crippen LogP contribution in [0.25, 0.3) is 0 Å². The van der Waals surface area contributed by atoms with Crippen LogP contribution >= 0.6 is 0 Å². The zero-order valence-electron chi connectivity index (χ0n) is 7.46. The summed E-state index contributed by atoms with van der Waals surface area (Å²) in [6, 6.07) is 5.37. The van der Waals surface area contributed by atoms with Gasteiger partial charge in [-0.3, -0.25) is 4.21 Å². The molecule has 1 aromatic carbocycles. The third-order valence-electron chi connectivity index (χ3n) is 1.52. The van der Waals surface area contributed by atoms with Crippen molar-refractivity contribution in [2.24, 2.45) is 0 Å². The van der Waals surface area contributed by atoms with E-state index in [1.807, 2.05) is 13.0 Å². The third-order valence-corrected chi connectivity index (χ3v) is 2.32. The Bertz CT molecular complexity index is 299. The van der Waals surface area contributed by atoms with Crippen LogP contribution in [0.15, 0.2) is 23.1 Å². The molecule has 2 nitrogen and oxygen atoms in total. The van der Waals surface area contributed by atoms with Gasteiger partial charge < -0.3 is 4.55 Å². The standard InChI is InChI=1S/C8H10O2S.K/c1-6-3-4-7(2)8(5-6)11(9)10;/h3-5H,1-2H3,(H,9,10);/q;+1/p-1. The van der Waals surface area contributed by atoms with Gasteiger partial charge >= 0.3 is 51.4 Å². The van der Waals surface area contributed by atoms with Gasteiger partial charge in [-0.15, -0.1) is 0 Å². The van der Waals surface area contributed by atoms with E-state index in [2.05, 4.69) is 0 Å². The molecule has 0 radical (unpaired) electrons. The number of benzene rings is 1. The van der Waals surface area contributed by atoms with E-state index in [0.717, 1.165) is 11.1 Å². The molecule has 1 atom stereocenters. The predicted octanol–water partition coefficient (Wildman–Crippen LogP) is -1.45. The Morgan fingerprint density at radius 3 is 2.33 bits per heavy atom. The molecule has 0 amide bonds. The Balaban J connectivity index is 0.00000121. The second kappa shape index (κ2) is 5.65. The van der Waals surface area contributed by atoms with Gasteiger partial charge in [0.15, 0.2) is 0 Å². The van der Waals surface area contributed by atoms with Gasteiger partial charge in [-0.25, -0.2) is 0 Å². The van der Waals surface area contributed by atoms with Crippen molar-refractivity contribution in [1.82, 2.24) is 0 Å². The van der Waals surface area contributed by atoms with Crippen molar-refractivity contribution < 1.29 is 60.1 Å². The SMILES string of the molecule is Cc1ccc(C)c(S(=O)[O-])c1.[K+]. The number of rotatable bonds is 1. The van der Waals surface area contributed by atoms with E-state index in [0.29, 0.717) is 4.90 Å². The van der Waals surface area contributed by atoms with Gasteiger partial charge in [0.25, 0.3) is 0 Å². The average Bonchev–Trinajstić information content (AvgIpc) is 1.94. The van der Waals surface area contributed by atoms with Crippen LogP contribution in [0.2, 0.25) is 0 Å². The fourth-order valence-corrected chi connectivity index (χ4v) is 1.50. The molecule has 0 heterocycles. The number of aryl methyl sites for hydroxylation is 2. The molecule has 0 bridgehead atoms. The molecule has 0 saturated heterocycles. The van der Waals surface area contributed by atoms with Gasteiger partial charge in [0.05, 0.1) is 0 Å². The van der Waals surface area contributed by atoms with E-state index in [-0.39, 0.29) is 51.4 Å². The average molecular weight is 208 g/mol. The Kier molecular flexibility index (Phi) is 6.10. The summed E-state index contributed by atoms with van der Waals surface area (Å²) in [4.78, 5) is 0.394. The summed E-state index contributed by atoms with van der Waals surface area (Å²) >= 11 is -2.10. The van der Waals surface area contributed by atoms with Crippen LogP contribution in [0.3, 0.4) is 0 Å². The largest absolute Gasteiger partial charge is 1.00 e. The molecule has 0 fully saturated rings. The summed E-state index contributed by atoms with van der Waals surface area (Å²) < 4.78 is 21.1. The first kappa shape index (κ1) is 13.0. The summed E-state index contributed by atoms with van der Waals surface area (Å²) in [5, 5.41) is 0. The van der Waals surface area contributed by atoms with Crippen LogP contribution in [-0.4, -0.2) is 8.76 Å². The van der Waals surface area contributed by atoms with E-state index in [9.17, 15) is 8.76 Å². The topological polar surface area (TPSA) is 40.1 Å². The molecule has 0 aromatic heterocycles. The van der Waals surface area contributed by atoms with Crippen molar-refractivity contribution >= 4 is 11.1 Å². The molecule has 4 heteroatoms. The first-order valence-electron chi connectivity index (χ1n) is 3.28. The van der Waals surface area contributed by atoms with Gasteiger partial charge in [-0.2, -0.15) is 0 Å². The van der Waals surface area contributed by atoms with Crippen molar-refractivity contribution in [2.75, 3.05) is 0 Å². The molecular formula is C8H9KO2S. The Labute approximate surface area is 117 Å². The molecule has 0 aliphatic rings. The molecule has 12 heavy (non-hydrogen) atoms. The molecule has 60 valence electrons. The molecule has 1 aromatic rings. The summed E-state index contributed by atoms with van der Waals surface area (Å²) in [7, 11) is 0. The molecule has 0 saturated carbocycles. The van der Waals surface area contributed by atoms with Crippen molar-refractivity contribution in [3.63, 3.8) is 0 Å². The van der Waals surface area contributed by atoms with Gasteiger partial charge in [0.1, 0.15) is 0 Å². The van der Waals surface area contributed by atoms with Gasteiger partial charge in [-0.1, -0.05) is 12.1 Å². The predicted molar refractivity (Wildman–Crippen MR) is 43.1 cm³/mol. The summed E-state index contributed by atoms with van der Waals surface area (Å²) in [6.07, 6.45) is 0. The molecule has 0 spiro atoms. The van der Waals surface area contributed by atoms with Gasteiger partial charge in [0, 0.05) is 4.90 Å². The summed E-state index contributed by atoms with van der Waals surface area (Å²) in [6.45, 7) is 3.65. The minimum absolute atomic E-state index is 0. The fraction of sp³-hybridized carbons (Fsp3) is 0.250. The molecule has 0 aliphatic carbocycles. The van der Waals surface area contributed by atoms with Gasteiger partial charge in [0.2, 0.25) is 0 Å². The maximum absolute atomic E-state index is 10.6. The monoisotopic (exact) mass is 208 g/mol. The van der Waals surface area contributed by atoms with Crippen LogP contribution in [0.5, 0.6) is 0 Å². The maximum Gasteiger partial charge on any atom is 1.00 e. The smallest absolute Gasteiger partial charge is 0.768 e. The maximum atomic E-state index is 10.6. The Morgan fingerprint density at radius 1 is 1.33 bits per heavy atom. The van der Waals surface area contributed by atoms with Crippen LogP contribution in [0.4, 0.5) is 0 Å². The summed E-state index contributed by atoms with van der Waals surface area (Å²) in [5.74, 6) is 0. The number of hydrogen-bond donors (Lipinski definition) is 0. The van der Waals surface area contributed by atoms with E-state index >= 15 is 0 Å². The third kappa shape index (κ3) is 3.37. The normalized spacial score (nSPS) is 11.9. The van der Waals surface area contributed by atoms with Crippen LogP contribution in [0.1, 0.15) is 11.1 Å². The van der Waals surface area contributed by atoms with E-state index in [4.69, 9.17) is 0 Å². The van der Waals surface area contributed by atoms with Gasteiger partial charge in [-0.05, 0) is 42.1 Å². The minimum atomic E-state index is -2.10. The second-order valence-corrected chi connectivity index (χ2v) is 3.41. The Hall–Kier alpha value is 0.966. The first-order valence-corrected chi connectivity index (χ1v) is 4.35. The van der Waals surface area contributed by atoms with Crippen LogP contribution < -0.4 is 51.4 Å². The summed E-state index contributed by atoms with van der Waals surface area (Å²) in [5.41, 5.74) is 1.76. The van der Waals surface area contributed by atoms with Crippen LogP contribution in [0, 0.1) is 13.8 Å². The van der Waals surface area contributed by atoms with E-state index in [1.54, 1.807) is 19.1 Å². The van der Waals surface area contributed by atoms with Crippen LogP contribution in [-0.2, 0) is 11.1 Å². The van der Waals surface area contributed by atoms with Crippen molar-refractivity contribution in [1.29, 1.82) is 0 Å². The molecule has 0 N–H and O–H groups in total. The van der Waals surface area contributed by atoms with Crippen molar-refractivity contribution in [3.05, 3.63) is 29.3 Å².